The second kappa shape index (κ2) is 4.77. The largest absolute Gasteiger partial charge is 0.393 e. The summed E-state index contributed by atoms with van der Waals surface area (Å²) in [7, 11) is 0. The van der Waals surface area contributed by atoms with E-state index in [4.69, 9.17) is 9.47 Å². The molecule has 1 aromatic heterocycles. The van der Waals surface area contributed by atoms with Gasteiger partial charge < -0.3 is 19.7 Å². The van der Waals surface area contributed by atoms with Gasteiger partial charge in [-0.25, -0.2) is 4.79 Å². The van der Waals surface area contributed by atoms with E-state index in [2.05, 4.69) is 4.98 Å². The molecule has 116 valence electrons. The molecule has 0 spiro atoms. The van der Waals surface area contributed by atoms with Crippen molar-refractivity contribution in [2.24, 2.45) is 0 Å². The fraction of sp³-hybridized carbons (Fsp3) is 0.692. The third-order valence-corrected chi connectivity index (χ3v) is 4.43. The number of nitrogens with zero attached hydrogens (tertiary/aromatic N) is 1. The smallest absolute Gasteiger partial charge is 0.330 e. The lowest BCUT2D eigenvalue weighted by atomic mass is 9.79. The van der Waals surface area contributed by atoms with Gasteiger partial charge in [0.05, 0.1) is 13.2 Å². The van der Waals surface area contributed by atoms with Crippen molar-refractivity contribution in [3.63, 3.8) is 0 Å². The van der Waals surface area contributed by atoms with Crippen LogP contribution in [0, 0.1) is 6.92 Å². The van der Waals surface area contributed by atoms with Crippen LogP contribution in [-0.4, -0.2) is 50.8 Å². The minimum absolute atomic E-state index is 0.0631. The van der Waals surface area contributed by atoms with Crippen molar-refractivity contribution in [2.75, 3.05) is 19.8 Å². The summed E-state index contributed by atoms with van der Waals surface area (Å²) in [6, 6.07) is 0. The molecule has 21 heavy (non-hydrogen) atoms. The Morgan fingerprint density at radius 1 is 1.52 bits per heavy atom. The van der Waals surface area contributed by atoms with Gasteiger partial charge in [-0.05, 0) is 6.92 Å². The lowest BCUT2D eigenvalue weighted by Crippen LogP contribution is -2.60. The SMILES string of the molecule is Cc1cn([C@H]2C[C@]3(O)CCOC[C@@]3(CO)O2)c(=O)[nH]c1=O. The van der Waals surface area contributed by atoms with Crippen LogP contribution in [0.4, 0.5) is 0 Å². The Kier molecular flexibility index (Phi) is 3.28. The topological polar surface area (TPSA) is 114 Å². The number of aliphatic hydroxyl groups is 2. The Balaban J connectivity index is 2.01. The highest BCUT2D eigenvalue weighted by Crippen LogP contribution is 2.47. The Hall–Kier alpha value is -1.48. The van der Waals surface area contributed by atoms with Crippen molar-refractivity contribution in [2.45, 2.75) is 37.2 Å². The number of rotatable bonds is 2. The van der Waals surface area contributed by atoms with Crippen molar-refractivity contribution in [1.82, 2.24) is 9.55 Å². The van der Waals surface area contributed by atoms with E-state index in [1.807, 2.05) is 0 Å². The van der Waals surface area contributed by atoms with E-state index < -0.39 is 35.3 Å². The number of aromatic amines is 1. The number of ether oxygens (including phenoxy) is 2. The van der Waals surface area contributed by atoms with E-state index in [1.54, 1.807) is 6.92 Å². The Labute approximate surface area is 119 Å². The van der Waals surface area contributed by atoms with Crippen LogP contribution in [-0.2, 0) is 9.47 Å². The molecular formula is C13H18N2O6. The molecule has 2 aliphatic rings. The quantitative estimate of drug-likeness (QED) is 0.622. The zero-order chi connectivity index (χ0) is 15.3. The van der Waals surface area contributed by atoms with Crippen molar-refractivity contribution in [3.05, 3.63) is 32.6 Å². The zero-order valence-electron chi connectivity index (χ0n) is 11.7. The number of aliphatic hydroxyl groups excluding tert-OH is 1. The van der Waals surface area contributed by atoms with Crippen LogP contribution in [0.3, 0.4) is 0 Å². The van der Waals surface area contributed by atoms with Crippen molar-refractivity contribution >= 4 is 0 Å². The maximum atomic E-state index is 11.9. The Morgan fingerprint density at radius 2 is 2.29 bits per heavy atom. The normalized spacial score (nSPS) is 35.7. The average molecular weight is 298 g/mol. The molecule has 2 aliphatic heterocycles. The van der Waals surface area contributed by atoms with Crippen LogP contribution in [0.15, 0.2) is 15.8 Å². The Morgan fingerprint density at radius 3 is 2.95 bits per heavy atom. The summed E-state index contributed by atoms with van der Waals surface area (Å²) in [6.07, 6.45) is 1.12. The van der Waals surface area contributed by atoms with Crippen LogP contribution < -0.4 is 11.2 Å². The molecule has 3 rings (SSSR count). The molecule has 0 aromatic carbocycles. The first kappa shape index (κ1) is 14.5. The molecule has 8 nitrogen and oxygen atoms in total. The van der Waals surface area contributed by atoms with Gasteiger partial charge >= 0.3 is 5.69 Å². The lowest BCUT2D eigenvalue weighted by Gasteiger charge is -2.42. The van der Waals surface area contributed by atoms with E-state index in [0.29, 0.717) is 18.6 Å². The molecule has 8 heteroatoms. The molecule has 0 saturated carbocycles. The molecular weight excluding hydrogens is 280 g/mol. The molecule has 0 unspecified atom stereocenters. The van der Waals surface area contributed by atoms with Gasteiger partial charge in [0.1, 0.15) is 17.4 Å². The van der Waals surface area contributed by atoms with Crippen molar-refractivity contribution in [1.29, 1.82) is 0 Å². The van der Waals surface area contributed by atoms with E-state index >= 15 is 0 Å². The van der Waals surface area contributed by atoms with E-state index in [0.717, 1.165) is 0 Å². The number of nitrogens with one attached hydrogen (secondary N) is 1. The molecule has 3 atom stereocenters. The van der Waals surface area contributed by atoms with Gasteiger partial charge in [0.2, 0.25) is 0 Å². The highest BCUT2D eigenvalue weighted by atomic mass is 16.6. The van der Waals surface area contributed by atoms with Gasteiger partial charge in [0.15, 0.2) is 0 Å². The fourth-order valence-corrected chi connectivity index (χ4v) is 3.05. The van der Waals surface area contributed by atoms with Crippen LogP contribution >= 0.6 is 0 Å². The molecule has 0 aliphatic carbocycles. The second-order valence-corrected chi connectivity index (χ2v) is 5.74. The standard InChI is InChI=1S/C13H18N2O6/c1-8-5-15(11(18)14-10(8)17)9-4-12(19)2-3-20-7-13(12,6-16)21-9/h5,9,16,19H,2-4,6-7H2,1H3,(H,14,17,18)/t9-,12-,13-/m1/s1. The number of hydrogen-bond donors (Lipinski definition) is 3. The van der Waals surface area contributed by atoms with Gasteiger partial charge in [0, 0.05) is 31.2 Å². The maximum absolute atomic E-state index is 11.9. The molecule has 0 radical (unpaired) electrons. The first-order valence-electron chi connectivity index (χ1n) is 6.82. The summed E-state index contributed by atoms with van der Waals surface area (Å²) >= 11 is 0. The molecule has 0 bridgehead atoms. The van der Waals surface area contributed by atoms with Crippen LogP contribution in [0.5, 0.6) is 0 Å². The fourth-order valence-electron chi connectivity index (χ4n) is 3.05. The second-order valence-electron chi connectivity index (χ2n) is 5.74. The third kappa shape index (κ3) is 2.06. The van der Waals surface area contributed by atoms with Crippen LogP contribution in [0.25, 0.3) is 0 Å². The number of aromatic nitrogens is 2. The minimum atomic E-state index is -1.26. The summed E-state index contributed by atoms with van der Waals surface area (Å²) in [5, 5.41) is 20.4. The molecule has 2 fully saturated rings. The van der Waals surface area contributed by atoms with Crippen LogP contribution in [0.2, 0.25) is 0 Å². The predicted octanol–water partition coefficient (Wildman–Crippen LogP) is -1.35. The average Bonchev–Trinajstić information content (AvgIpc) is 2.76. The first-order chi connectivity index (χ1) is 9.91. The summed E-state index contributed by atoms with van der Waals surface area (Å²) in [5.41, 5.74) is -3.18. The zero-order valence-corrected chi connectivity index (χ0v) is 11.7. The van der Waals surface area contributed by atoms with Crippen molar-refractivity contribution < 1.29 is 19.7 Å². The molecule has 0 amide bonds. The minimum Gasteiger partial charge on any atom is -0.393 e. The van der Waals surface area contributed by atoms with Crippen LogP contribution in [0.1, 0.15) is 24.6 Å². The lowest BCUT2D eigenvalue weighted by molar-refractivity contribution is -0.221. The monoisotopic (exact) mass is 298 g/mol. The predicted molar refractivity (Wildman–Crippen MR) is 71.0 cm³/mol. The van der Waals surface area contributed by atoms with E-state index in [1.165, 1.54) is 10.8 Å². The number of H-pyrrole nitrogens is 1. The van der Waals surface area contributed by atoms with Gasteiger partial charge in [-0.2, -0.15) is 0 Å². The van der Waals surface area contributed by atoms with E-state index in [9.17, 15) is 19.8 Å². The number of fused-ring (bicyclic) bond motifs is 1. The summed E-state index contributed by atoms with van der Waals surface area (Å²) < 4.78 is 12.3. The highest BCUT2D eigenvalue weighted by Gasteiger charge is 2.61. The van der Waals surface area contributed by atoms with E-state index in [-0.39, 0.29) is 13.0 Å². The number of hydrogen-bond acceptors (Lipinski definition) is 6. The molecule has 2 saturated heterocycles. The Bertz CT molecular complexity index is 667. The summed E-state index contributed by atoms with van der Waals surface area (Å²) in [4.78, 5) is 25.6. The van der Waals surface area contributed by atoms with Gasteiger partial charge in [-0.15, -0.1) is 0 Å². The molecule has 3 N–H and O–H groups in total. The third-order valence-electron chi connectivity index (χ3n) is 4.43. The molecule has 1 aromatic rings. The van der Waals surface area contributed by atoms with Gasteiger partial charge in [-0.3, -0.25) is 14.3 Å². The van der Waals surface area contributed by atoms with Gasteiger partial charge in [0.25, 0.3) is 5.56 Å². The summed E-state index contributed by atoms with van der Waals surface area (Å²) in [5.74, 6) is 0. The highest BCUT2D eigenvalue weighted by molar-refractivity contribution is 5.10. The summed E-state index contributed by atoms with van der Waals surface area (Å²) in [6.45, 7) is 1.61. The first-order valence-corrected chi connectivity index (χ1v) is 6.82. The number of aryl methyl sites for hydroxylation is 1. The maximum Gasteiger partial charge on any atom is 0.330 e. The van der Waals surface area contributed by atoms with Crippen molar-refractivity contribution in [3.8, 4) is 0 Å². The molecule has 3 heterocycles. The van der Waals surface area contributed by atoms with Gasteiger partial charge in [-0.1, -0.05) is 0 Å².